The predicted molar refractivity (Wildman–Crippen MR) is 127 cm³/mol. The van der Waals surface area contributed by atoms with E-state index >= 15 is 0 Å². The molecule has 1 unspecified atom stereocenters. The van der Waals surface area contributed by atoms with Crippen molar-refractivity contribution in [2.75, 3.05) is 18.5 Å². The summed E-state index contributed by atoms with van der Waals surface area (Å²) in [7, 11) is 0. The van der Waals surface area contributed by atoms with Gasteiger partial charge in [-0.2, -0.15) is 4.98 Å². The fourth-order valence-electron chi connectivity index (χ4n) is 3.48. The van der Waals surface area contributed by atoms with E-state index in [1.54, 1.807) is 24.3 Å². The Morgan fingerprint density at radius 2 is 1.89 bits per heavy atom. The zero-order chi connectivity index (χ0) is 25.7. The summed E-state index contributed by atoms with van der Waals surface area (Å²) in [5, 5.41) is 26.6. The second-order valence-electron chi connectivity index (χ2n) is 8.49. The van der Waals surface area contributed by atoms with Gasteiger partial charge in [0.05, 0.1) is 24.9 Å². The van der Waals surface area contributed by atoms with Gasteiger partial charge in [0, 0.05) is 17.0 Å². The standard InChI is InChI=1S/C25H27FN4O6/c1-2-21(35-18-8-5-15(6-9-18)22(33)14-3-4-14)24-29-23(30-36-24)16-7-10-20(19(26)11-16)28-25(34)27-17(12-31)13-32/h5-11,14,17,21,31-32H,2-4,12-13H2,1H3,(H2,27,28,34). The number of aliphatic hydroxyl groups excluding tert-OH is 2. The molecule has 0 saturated heterocycles. The molecule has 2 aromatic carbocycles. The lowest BCUT2D eigenvalue weighted by Crippen LogP contribution is -2.42. The maximum atomic E-state index is 14.6. The molecule has 1 aromatic heterocycles. The molecule has 1 aliphatic rings. The van der Waals surface area contributed by atoms with Gasteiger partial charge in [0.1, 0.15) is 11.6 Å². The first-order valence-electron chi connectivity index (χ1n) is 11.7. The van der Waals surface area contributed by atoms with E-state index in [2.05, 4.69) is 20.8 Å². The van der Waals surface area contributed by atoms with E-state index < -0.39 is 37.2 Å². The van der Waals surface area contributed by atoms with Crippen LogP contribution in [0.4, 0.5) is 14.9 Å². The van der Waals surface area contributed by atoms with E-state index in [9.17, 15) is 14.0 Å². The van der Waals surface area contributed by atoms with Crippen molar-refractivity contribution in [1.29, 1.82) is 0 Å². The van der Waals surface area contributed by atoms with E-state index in [4.69, 9.17) is 19.5 Å². The Labute approximate surface area is 206 Å². The van der Waals surface area contributed by atoms with E-state index in [-0.39, 0.29) is 29.1 Å². The van der Waals surface area contributed by atoms with E-state index in [1.807, 2.05) is 6.92 Å². The van der Waals surface area contributed by atoms with Gasteiger partial charge < -0.3 is 30.1 Å². The molecule has 1 aliphatic carbocycles. The van der Waals surface area contributed by atoms with Gasteiger partial charge in [-0.15, -0.1) is 0 Å². The van der Waals surface area contributed by atoms with Gasteiger partial charge in [-0.25, -0.2) is 9.18 Å². The SMILES string of the molecule is CCC(Oc1ccc(C(=O)C2CC2)cc1)c1nc(-c2ccc(NC(=O)NC(CO)CO)c(F)c2)no1. The van der Waals surface area contributed by atoms with Crippen LogP contribution in [0.5, 0.6) is 5.75 Å². The topological polar surface area (TPSA) is 147 Å². The Balaban J connectivity index is 1.41. The van der Waals surface area contributed by atoms with Crippen molar-refractivity contribution >= 4 is 17.5 Å². The summed E-state index contributed by atoms with van der Waals surface area (Å²) in [6.45, 7) is 0.974. The quantitative estimate of drug-likeness (QED) is 0.294. The Hall–Kier alpha value is -3.83. The molecule has 190 valence electrons. The molecule has 11 heteroatoms. The number of urea groups is 1. The number of benzene rings is 2. The number of aliphatic hydroxyl groups is 2. The third kappa shape index (κ3) is 6.04. The number of carbonyl (C=O) groups is 2. The van der Waals surface area contributed by atoms with Crippen molar-refractivity contribution in [3.8, 4) is 17.1 Å². The summed E-state index contributed by atoms with van der Waals surface area (Å²) in [6, 6.07) is 9.32. The summed E-state index contributed by atoms with van der Waals surface area (Å²) < 4.78 is 25.9. The number of halogens is 1. The number of rotatable bonds is 11. The molecule has 3 aromatic rings. The van der Waals surface area contributed by atoms with Crippen molar-refractivity contribution in [3.63, 3.8) is 0 Å². The molecule has 0 bridgehead atoms. The predicted octanol–water partition coefficient (Wildman–Crippen LogP) is 3.47. The van der Waals surface area contributed by atoms with Crippen molar-refractivity contribution in [2.45, 2.75) is 38.3 Å². The molecular weight excluding hydrogens is 471 g/mol. The van der Waals surface area contributed by atoms with Gasteiger partial charge in [0.25, 0.3) is 5.89 Å². The normalized spacial score (nSPS) is 13.9. The highest BCUT2D eigenvalue weighted by atomic mass is 19.1. The zero-order valence-corrected chi connectivity index (χ0v) is 19.6. The summed E-state index contributed by atoms with van der Waals surface area (Å²) in [4.78, 5) is 28.4. The summed E-state index contributed by atoms with van der Waals surface area (Å²) in [5.74, 6) is 0.484. The van der Waals surface area contributed by atoms with Crippen LogP contribution in [0.1, 0.15) is 48.5 Å². The molecule has 1 atom stereocenters. The summed E-state index contributed by atoms with van der Waals surface area (Å²) in [6.07, 6.45) is 1.88. The highest BCUT2D eigenvalue weighted by molar-refractivity contribution is 5.99. The summed E-state index contributed by atoms with van der Waals surface area (Å²) >= 11 is 0. The van der Waals surface area contributed by atoms with Crippen LogP contribution in [0.15, 0.2) is 47.0 Å². The third-order valence-electron chi connectivity index (χ3n) is 5.70. The fraction of sp³-hybridized carbons (Fsp3) is 0.360. The molecule has 36 heavy (non-hydrogen) atoms. The average molecular weight is 499 g/mol. The number of carbonyl (C=O) groups excluding carboxylic acids is 2. The minimum atomic E-state index is -0.859. The van der Waals surface area contributed by atoms with Crippen molar-refractivity contribution < 1.29 is 33.5 Å². The van der Waals surface area contributed by atoms with Gasteiger partial charge in [-0.1, -0.05) is 12.1 Å². The molecule has 0 aliphatic heterocycles. The maximum absolute atomic E-state index is 14.6. The van der Waals surface area contributed by atoms with Crippen LogP contribution in [-0.4, -0.2) is 51.4 Å². The Morgan fingerprint density at radius 3 is 2.50 bits per heavy atom. The molecule has 0 radical (unpaired) electrons. The third-order valence-corrected chi connectivity index (χ3v) is 5.70. The number of anilines is 1. The molecule has 4 rings (SSSR count). The Morgan fingerprint density at radius 1 is 1.17 bits per heavy atom. The van der Waals surface area contributed by atoms with E-state index in [1.165, 1.54) is 12.1 Å². The highest BCUT2D eigenvalue weighted by Gasteiger charge is 2.30. The summed E-state index contributed by atoms with van der Waals surface area (Å²) in [5.41, 5.74) is 0.889. The van der Waals surface area contributed by atoms with Gasteiger partial charge >= 0.3 is 6.03 Å². The molecule has 1 fully saturated rings. The number of Topliss-reactive ketones (excluding diaryl/α,β-unsaturated/α-hetero) is 1. The number of hydrogen-bond acceptors (Lipinski definition) is 8. The van der Waals surface area contributed by atoms with E-state index in [0.29, 0.717) is 23.3 Å². The molecule has 4 N–H and O–H groups in total. The number of hydrogen-bond donors (Lipinski definition) is 4. The van der Waals surface area contributed by atoms with Crippen LogP contribution in [0.25, 0.3) is 11.4 Å². The molecule has 1 heterocycles. The van der Waals surface area contributed by atoms with Gasteiger partial charge in [-0.3, -0.25) is 4.79 Å². The molecule has 1 saturated carbocycles. The highest BCUT2D eigenvalue weighted by Crippen LogP contribution is 2.33. The number of aromatic nitrogens is 2. The van der Waals surface area contributed by atoms with Crippen molar-refractivity contribution in [2.24, 2.45) is 5.92 Å². The number of nitrogens with one attached hydrogen (secondary N) is 2. The maximum Gasteiger partial charge on any atom is 0.319 e. The zero-order valence-electron chi connectivity index (χ0n) is 19.6. The largest absolute Gasteiger partial charge is 0.481 e. The minimum Gasteiger partial charge on any atom is -0.481 e. The monoisotopic (exact) mass is 498 g/mol. The number of ketones is 1. The second kappa shape index (κ2) is 11.3. The van der Waals surface area contributed by atoms with Gasteiger partial charge in [0.2, 0.25) is 5.82 Å². The molecular formula is C25H27FN4O6. The van der Waals surface area contributed by atoms with Crippen LogP contribution in [0.2, 0.25) is 0 Å². The van der Waals surface area contributed by atoms with Crippen molar-refractivity contribution in [1.82, 2.24) is 15.5 Å². The average Bonchev–Trinajstić information content (AvgIpc) is 3.63. The van der Waals surface area contributed by atoms with Crippen LogP contribution in [-0.2, 0) is 0 Å². The molecule has 0 spiro atoms. The van der Waals surface area contributed by atoms with Crippen LogP contribution in [0.3, 0.4) is 0 Å². The minimum absolute atomic E-state index is 0.104. The Bertz CT molecular complexity index is 1210. The number of nitrogens with zero attached hydrogens (tertiary/aromatic N) is 2. The van der Waals surface area contributed by atoms with Crippen molar-refractivity contribution in [3.05, 3.63) is 59.7 Å². The first-order chi connectivity index (χ1) is 17.4. The lowest BCUT2D eigenvalue weighted by Gasteiger charge is -2.14. The van der Waals surface area contributed by atoms with Gasteiger partial charge in [-0.05, 0) is 61.7 Å². The lowest BCUT2D eigenvalue weighted by atomic mass is 10.1. The van der Waals surface area contributed by atoms with Crippen LogP contribution >= 0.6 is 0 Å². The number of ether oxygens (including phenoxy) is 1. The Kier molecular flexibility index (Phi) is 7.91. The van der Waals surface area contributed by atoms with Crippen LogP contribution in [0, 0.1) is 11.7 Å². The second-order valence-corrected chi connectivity index (χ2v) is 8.49. The fourth-order valence-corrected chi connectivity index (χ4v) is 3.48. The van der Waals surface area contributed by atoms with E-state index in [0.717, 1.165) is 18.9 Å². The number of amides is 2. The first-order valence-corrected chi connectivity index (χ1v) is 11.7. The van der Waals surface area contributed by atoms with Gasteiger partial charge in [0.15, 0.2) is 11.9 Å². The smallest absolute Gasteiger partial charge is 0.319 e. The molecule has 2 amide bonds. The molecule has 10 nitrogen and oxygen atoms in total. The first kappa shape index (κ1) is 25.3. The lowest BCUT2D eigenvalue weighted by molar-refractivity contribution is 0.0967. The van der Waals surface area contributed by atoms with Crippen LogP contribution < -0.4 is 15.4 Å².